The van der Waals surface area contributed by atoms with E-state index < -0.39 is 6.10 Å². The number of hydrogen-bond acceptors (Lipinski definition) is 4. The molecule has 104 valence electrons. The van der Waals surface area contributed by atoms with Crippen molar-refractivity contribution in [3.63, 3.8) is 0 Å². The van der Waals surface area contributed by atoms with Crippen molar-refractivity contribution in [3.8, 4) is 0 Å². The summed E-state index contributed by atoms with van der Waals surface area (Å²) in [5.41, 5.74) is 0.450. The highest BCUT2D eigenvalue weighted by atomic mass is 35.5. The third-order valence-corrected chi connectivity index (χ3v) is 3.82. The van der Waals surface area contributed by atoms with Gasteiger partial charge >= 0.3 is 0 Å². The Morgan fingerprint density at radius 3 is 2.95 bits per heavy atom. The first-order valence-electron chi connectivity index (χ1n) is 6.33. The largest absolute Gasteiger partial charge is 0.391 e. The molecule has 2 atom stereocenters. The normalized spacial score (nSPS) is 23.3. The highest BCUT2D eigenvalue weighted by Gasteiger charge is 2.28. The summed E-state index contributed by atoms with van der Waals surface area (Å²) in [4.78, 5) is 18.0. The molecule has 1 aliphatic heterocycles. The number of carbonyl (C=O) groups excluding carboxylic acids is 1. The highest BCUT2D eigenvalue weighted by Crippen LogP contribution is 2.22. The molecule has 0 bridgehead atoms. The quantitative estimate of drug-likeness (QED) is 0.866. The standard InChI is InChI=1S/C13H18ClN3O2/c1-8-3-4-17(7-11(8)18)13(19)9-5-10(14)12(15-2)16-6-9/h5-6,8,11,18H,3-4,7H2,1-2H3,(H,15,16). The maximum absolute atomic E-state index is 12.3. The fraction of sp³-hybridized carbons (Fsp3) is 0.538. The molecule has 0 spiro atoms. The second kappa shape index (κ2) is 5.75. The zero-order valence-corrected chi connectivity index (χ0v) is 11.8. The van der Waals surface area contributed by atoms with Crippen molar-refractivity contribution in [2.45, 2.75) is 19.4 Å². The molecule has 1 aliphatic rings. The molecule has 0 aromatic carbocycles. The van der Waals surface area contributed by atoms with Crippen molar-refractivity contribution in [3.05, 3.63) is 22.8 Å². The van der Waals surface area contributed by atoms with Gasteiger partial charge in [-0.05, 0) is 18.4 Å². The smallest absolute Gasteiger partial charge is 0.255 e. The Hall–Kier alpha value is -1.33. The van der Waals surface area contributed by atoms with Crippen molar-refractivity contribution in [1.29, 1.82) is 0 Å². The Bertz CT molecular complexity index is 481. The number of likely N-dealkylation sites (tertiary alicyclic amines) is 1. The first kappa shape index (κ1) is 14.1. The molecule has 1 fully saturated rings. The van der Waals surface area contributed by atoms with Crippen LogP contribution in [0, 0.1) is 5.92 Å². The molecule has 1 saturated heterocycles. The number of β-amino-alcohol motifs (C(OH)–C–C–N with tert-alkyl or cyclic N) is 1. The van der Waals surface area contributed by atoms with E-state index in [0.717, 1.165) is 6.42 Å². The Morgan fingerprint density at radius 2 is 2.37 bits per heavy atom. The number of halogens is 1. The predicted molar refractivity (Wildman–Crippen MR) is 74.5 cm³/mol. The third-order valence-electron chi connectivity index (χ3n) is 3.53. The van der Waals surface area contributed by atoms with Crippen LogP contribution in [0.15, 0.2) is 12.3 Å². The van der Waals surface area contributed by atoms with Gasteiger partial charge in [0, 0.05) is 26.3 Å². The van der Waals surface area contributed by atoms with E-state index in [4.69, 9.17) is 11.6 Å². The summed E-state index contributed by atoms with van der Waals surface area (Å²) in [5.74, 6) is 0.644. The lowest BCUT2D eigenvalue weighted by Gasteiger charge is -2.34. The van der Waals surface area contributed by atoms with Crippen molar-refractivity contribution in [2.24, 2.45) is 5.92 Å². The summed E-state index contributed by atoms with van der Waals surface area (Å²) in [6.45, 7) is 3.01. The van der Waals surface area contributed by atoms with Crippen molar-refractivity contribution >= 4 is 23.3 Å². The molecule has 0 aliphatic carbocycles. The number of aromatic nitrogens is 1. The summed E-state index contributed by atoms with van der Waals surface area (Å²) >= 11 is 6.02. The molecule has 1 amide bonds. The van der Waals surface area contributed by atoms with Crippen LogP contribution in [0.4, 0.5) is 5.82 Å². The first-order chi connectivity index (χ1) is 9.02. The molecular weight excluding hydrogens is 266 g/mol. The fourth-order valence-electron chi connectivity index (χ4n) is 2.15. The number of aliphatic hydroxyl groups excluding tert-OH is 1. The number of rotatable bonds is 2. The molecule has 6 heteroatoms. The van der Waals surface area contributed by atoms with Crippen LogP contribution >= 0.6 is 11.6 Å². The fourth-order valence-corrected chi connectivity index (χ4v) is 2.42. The van der Waals surface area contributed by atoms with E-state index in [9.17, 15) is 9.90 Å². The molecule has 0 saturated carbocycles. The lowest BCUT2D eigenvalue weighted by atomic mass is 9.95. The summed E-state index contributed by atoms with van der Waals surface area (Å²) < 4.78 is 0. The zero-order chi connectivity index (χ0) is 14.0. The number of piperidine rings is 1. The number of carbonyl (C=O) groups is 1. The van der Waals surface area contributed by atoms with E-state index in [2.05, 4.69) is 10.3 Å². The van der Waals surface area contributed by atoms with Gasteiger partial charge in [0.2, 0.25) is 0 Å². The lowest BCUT2D eigenvalue weighted by Crippen LogP contribution is -2.45. The van der Waals surface area contributed by atoms with Gasteiger partial charge in [-0.15, -0.1) is 0 Å². The van der Waals surface area contributed by atoms with E-state index in [-0.39, 0.29) is 11.8 Å². The number of anilines is 1. The molecule has 19 heavy (non-hydrogen) atoms. The van der Waals surface area contributed by atoms with Crippen molar-refractivity contribution < 1.29 is 9.90 Å². The molecule has 0 radical (unpaired) electrons. The van der Waals surface area contributed by atoms with Crippen molar-refractivity contribution in [2.75, 3.05) is 25.5 Å². The average molecular weight is 284 g/mol. The number of pyridine rings is 1. The van der Waals surface area contributed by atoms with Gasteiger partial charge in [-0.1, -0.05) is 18.5 Å². The van der Waals surface area contributed by atoms with E-state index in [0.29, 0.717) is 29.5 Å². The SMILES string of the molecule is CNc1ncc(C(=O)N2CCC(C)C(O)C2)cc1Cl. The molecule has 2 rings (SSSR count). The van der Waals surface area contributed by atoms with E-state index in [1.165, 1.54) is 6.20 Å². The molecule has 2 unspecified atom stereocenters. The third kappa shape index (κ3) is 2.98. The van der Waals surface area contributed by atoms with Crippen LogP contribution in [-0.2, 0) is 0 Å². The van der Waals surface area contributed by atoms with Crippen LogP contribution in [0.3, 0.4) is 0 Å². The Labute approximate surface area is 117 Å². The summed E-state index contributed by atoms with van der Waals surface area (Å²) in [5, 5.41) is 13.1. The number of amides is 1. The number of hydrogen-bond donors (Lipinski definition) is 2. The number of nitrogens with one attached hydrogen (secondary N) is 1. The number of aliphatic hydroxyl groups is 1. The highest BCUT2D eigenvalue weighted by molar-refractivity contribution is 6.33. The van der Waals surface area contributed by atoms with Gasteiger partial charge in [-0.3, -0.25) is 4.79 Å². The Kier molecular flexibility index (Phi) is 4.27. The molecule has 5 nitrogen and oxygen atoms in total. The minimum atomic E-state index is -0.460. The van der Waals surface area contributed by atoms with Crippen LogP contribution in [0.1, 0.15) is 23.7 Å². The molecule has 2 heterocycles. The minimum Gasteiger partial charge on any atom is -0.391 e. The number of nitrogens with zero attached hydrogens (tertiary/aromatic N) is 2. The molecule has 1 aromatic rings. The summed E-state index contributed by atoms with van der Waals surface area (Å²) in [6.07, 6.45) is 1.85. The van der Waals surface area contributed by atoms with Gasteiger partial charge in [0.15, 0.2) is 0 Å². The van der Waals surface area contributed by atoms with Crippen LogP contribution < -0.4 is 5.32 Å². The topological polar surface area (TPSA) is 65.5 Å². The molecule has 1 aromatic heterocycles. The zero-order valence-electron chi connectivity index (χ0n) is 11.1. The van der Waals surface area contributed by atoms with E-state index in [1.54, 1.807) is 18.0 Å². The van der Waals surface area contributed by atoms with Gasteiger partial charge in [0.25, 0.3) is 5.91 Å². The monoisotopic (exact) mass is 283 g/mol. The predicted octanol–water partition coefficient (Wildman–Crippen LogP) is 1.62. The maximum Gasteiger partial charge on any atom is 0.255 e. The second-order valence-electron chi connectivity index (χ2n) is 4.89. The second-order valence-corrected chi connectivity index (χ2v) is 5.30. The van der Waals surface area contributed by atoms with Gasteiger partial charge in [-0.2, -0.15) is 0 Å². The molecule has 2 N–H and O–H groups in total. The van der Waals surface area contributed by atoms with Crippen LogP contribution in [0.25, 0.3) is 0 Å². The first-order valence-corrected chi connectivity index (χ1v) is 6.71. The van der Waals surface area contributed by atoms with Crippen molar-refractivity contribution in [1.82, 2.24) is 9.88 Å². The Morgan fingerprint density at radius 1 is 1.63 bits per heavy atom. The van der Waals surface area contributed by atoms with Gasteiger partial charge in [-0.25, -0.2) is 4.98 Å². The average Bonchev–Trinajstić information content (AvgIpc) is 2.41. The molecular formula is C13H18ClN3O2. The minimum absolute atomic E-state index is 0.136. The summed E-state index contributed by atoms with van der Waals surface area (Å²) in [7, 11) is 1.72. The summed E-state index contributed by atoms with van der Waals surface area (Å²) in [6, 6.07) is 1.60. The van der Waals surface area contributed by atoms with E-state index in [1.807, 2.05) is 6.92 Å². The van der Waals surface area contributed by atoms with Gasteiger partial charge in [0.05, 0.1) is 16.7 Å². The van der Waals surface area contributed by atoms with Crippen LogP contribution in [0.2, 0.25) is 5.02 Å². The maximum atomic E-state index is 12.3. The Balaban J connectivity index is 2.13. The van der Waals surface area contributed by atoms with Gasteiger partial charge in [0.1, 0.15) is 5.82 Å². The van der Waals surface area contributed by atoms with Gasteiger partial charge < -0.3 is 15.3 Å². The lowest BCUT2D eigenvalue weighted by molar-refractivity contribution is 0.0248. The van der Waals surface area contributed by atoms with Crippen LogP contribution in [-0.4, -0.2) is 47.1 Å². The van der Waals surface area contributed by atoms with Crippen LogP contribution in [0.5, 0.6) is 0 Å². The van der Waals surface area contributed by atoms with E-state index >= 15 is 0 Å².